The molecule has 1 aliphatic heterocycles. The number of hydrogen-bond donors (Lipinski definition) is 0. The minimum atomic E-state index is -0.343. The molecule has 2 rings (SSSR count). The van der Waals surface area contributed by atoms with Gasteiger partial charge in [-0.3, -0.25) is 9.78 Å². The predicted octanol–water partition coefficient (Wildman–Crippen LogP) is 2.26. The van der Waals surface area contributed by atoms with Crippen LogP contribution in [0.25, 0.3) is 0 Å². The third-order valence-electron chi connectivity index (χ3n) is 3.97. The zero-order chi connectivity index (χ0) is 16.5. The first-order valence-corrected chi connectivity index (χ1v) is 7.66. The molecule has 0 aromatic carbocycles. The highest BCUT2D eigenvalue weighted by atomic mass is 16.2. The zero-order valence-corrected chi connectivity index (χ0v) is 14.1. The fourth-order valence-electron chi connectivity index (χ4n) is 2.82. The monoisotopic (exact) mass is 300 g/mol. The van der Waals surface area contributed by atoms with Crippen molar-refractivity contribution in [3.63, 3.8) is 0 Å². The van der Waals surface area contributed by atoms with E-state index in [1.807, 2.05) is 45.6 Å². The summed E-state index contributed by atoms with van der Waals surface area (Å²) in [5.41, 5.74) is 2.92. The van der Waals surface area contributed by atoms with Crippen molar-refractivity contribution in [3.05, 3.63) is 23.0 Å². The van der Waals surface area contributed by atoms with Crippen LogP contribution in [0.2, 0.25) is 0 Å². The maximum Gasteiger partial charge on any atom is 0.228 e. The van der Waals surface area contributed by atoms with Gasteiger partial charge in [-0.05, 0) is 19.9 Å². The molecule has 0 radical (unpaired) electrons. The first-order valence-electron chi connectivity index (χ1n) is 7.66. The summed E-state index contributed by atoms with van der Waals surface area (Å²) >= 11 is 0. The Labute approximate surface area is 132 Å². The third kappa shape index (κ3) is 3.22. The Morgan fingerprint density at radius 1 is 1.23 bits per heavy atom. The van der Waals surface area contributed by atoms with Gasteiger partial charge in [0.25, 0.3) is 0 Å². The molecule has 5 heteroatoms. The van der Waals surface area contributed by atoms with Gasteiger partial charge >= 0.3 is 0 Å². The Hall–Kier alpha value is -2.09. The summed E-state index contributed by atoms with van der Waals surface area (Å²) in [6, 6.07) is 4.23. The molecule has 1 aliphatic rings. The average molecular weight is 300 g/mol. The number of piperazine rings is 1. The Bertz CT molecular complexity index is 617. The van der Waals surface area contributed by atoms with Crippen LogP contribution in [0.5, 0.6) is 0 Å². The predicted molar refractivity (Wildman–Crippen MR) is 86.7 cm³/mol. The number of aryl methyl sites for hydroxylation is 2. The summed E-state index contributed by atoms with van der Waals surface area (Å²) < 4.78 is 0. The molecule has 1 aromatic rings. The number of carbonyl (C=O) groups is 1. The SMILES string of the molecule is Cc1cc(N2CCN(C(=O)C(C)(C)C)CC2)c(C#N)c(C)n1. The number of carbonyl (C=O) groups excluding carboxylic acids is 1. The Morgan fingerprint density at radius 3 is 2.32 bits per heavy atom. The molecule has 0 N–H and O–H groups in total. The molecule has 0 aliphatic carbocycles. The highest BCUT2D eigenvalue weighted by molar-refractivity contribution is 5.81. The van der Waals surface area contributed by atoms with E-state index in [-0.39, 0.29) is 11.3 Å². The summed E-state index contributed by atoms with van der Waals surface area (Å²) in [5.74, 6) is 0.190. The second kappa shape index (κ2) is 5.96. The number of hydrogen-bond acceptors (Lipinski definition) is 4. The number of nitrogens with zero attached hydrogens (tertiary/aromatic N) is 4. The van der Waals surface area contributed by atoms with E-state index in [4.69, 9.17) is 0 Å². The number of anilines is 1. The van der Waals surface area contributed by atoms with E-state index in [9.17, 15) is 10.1 Å². The highest BCUT2D eigenvalue weighted by Crippen LogP contribution is 2.25. The second-order valence-corrected chi connectivity index (χ2v) is 6.88. The van der Waals surface area contributed by atoms with E-state index >= 15 is 0 Å². The van der Waals surface area contributed by atoms with Crippen LogP contribution >= 0.6 is 0 Å². The van der Waals surface area contributed by atoms with E-state index in [0.29, 0.717) is 18.7 Å². The van der Waals surface area contributed by atoms with Crippen molar-refractivity contribution in [3.8, 4) is 6.07 Å². The topological polar surface area (TPSA) is 60.2 Å². The van der Waals surface area contributed by atoms with Crippen LogP contribution in [-0.2, 0) is 4.79 Å². The standard InChI is InChI=1S/C17H24N4O/c1-12-10-15(14(11-18)13(2)19-12)20-6-8-21(9-7-20)16(22)17(3,4)5/h10H,6-9H2,1-5H3. The van der Waals surface area contributed by atoms with E-state index < -0.39 is 0 Å². The van der Waals surface area contributed by atoms with Gasteiger partial charge in [0.1, 0.15) is 6.07 Å². The lowest BCUT2D eigenvalue weighted by Crippen LogP contribution is -2.51. The maximum atomic E-state index is 12.3. The minimum Gasteiger partial charge on any atom is -0.367 e. The van der Waals surface area contributed by atoms with Crippen LogP contribution in [0, 0.1) is 30.6 Å². The summed E-state index contributed by atoms with van der Waals surface area (Å²) in [6.07, 6.45) is 0. The molecular weight excluding hydrogens is 276 g/mol. The second-order valence-electron chi connectivity index (χ2n) is 6.88. The normalized spacial score (nSPS) is 15.6. The Morgan fingerprint density at radius 2 is 1.82 bits per heavy atom. The average Bonchev–Trinajstić information content (AvgIpc) is 2.45. The summed E-state index contributed by atoms with van der Waals surface area (Å²) in [6.45, 7) is 12.5. The Kier molecular flexibility index (Phi) is 4.41. The van der Waals surface area contributed by atoms with Crippen molar-refractivity contribution in [2.75, 3.05) is 31.1 Å². The molecule has 1 aromatic heterocycles. The molecule has 1 fully saturated rings. The van der Waals surface area contributed by atoms with Crippen LogP contribution in [-0.4, -0.2) is 42.0 Å². The van der Waals surface area contributed by atoms with Gasteiger partial charge in [0.2, 0.25) is 5.91 Å². The Balaban J connectivity index is 2.16. The van der Waals surface area contributed by atoms with Crippen molar-refractivity contribution in [2.45, 2.75) is 34.6 Å². The number of rotatable bonds is 1. The van der Waals surface area contributed by atoms with Crippen molar-refractivity contribution in [1.29, 1.82) is 5.26 Å². The van der Waals surface area contributed by atoms with Crippen LogP contribution in [0.15, 0.2) is 6.07 Å². The van der Waals surface area contributed by atoms with Crippen molar-refractivity contribution in [1.82, 2.24) is 9.88 Å². The molecular formula is C17H24N4O. The van der Waals surface area contributed by atoms with E-state index in [0.717, 1.165) is 30.2 Å². The zero-order valence-electron chi connectivity index (χ0n) is 14.1. The van der Waals surface area contributed by atoms with Gasteiger partial charge < -0.3 is 9.80 Å². The van der Waals surface area contributed by atoms with Crippen LogP contribution < -0.4 is 4.90 Å². The van der Waals surface area contributed by atoms with Gasteiger partial charge in [-0.15, -0.1) is 0 Å². The van der Waals surface area contributed by atoms with Crippen LogP contribution in [0.3, 0.4) is 0 Å². The summed E-state index contributed by atoms with van der Waals surface area (Å²) in [4.78, 5) is 20.8. The molecule has 0 atom stereocenters. The van der Waals surface area contributed by atoms with Crippen molar-refractivity contribution >= 4 is 11.6 Å². The first-order chi connectivity index (χ1) is 10.2. The van der Waals surface area contributed by atoms with Crippen molar-refractivity contribution < 1.29 is 4.79 Å². The lowest BCUT2D eigenvalue weighted by molar-refractivity contribution is -0.139. The number of pyridine rings is 1. The fraction of sp³-hybridized carbons (Fsp3) is 0.588. The third-order valence-corrected chi connectivity index (χ3v) is 3.97. The molecule has 0 bridgehead atoms. The largest absolute Gasteiger partial charge is 0.367 e. The van der Waals surface area contributed by atoms with Gasteiger partial charge in [-0.2, -0.15) is 5.26 Å². The molecule has 0 unspecified atom stereocenters. The lowest BCUT2D eigenvalue weighted by Gasteiger charge is -2.39. The molecule has 5 nitrogen and oxygen atoms in total. The van der Waals surface area contributed by atoms with E-state index in [1.165, 1.54) is 0 Å². The maximum absolute atomic E-state index is 12.3. The number of amides is 1. The first kappa shape index (κ1) is 16.3. The molecule has 118 valence electrons. The molecule has 22 heavy (non-hydrogen) atoms. The number of aromatic nitrogens is 1. The lowest BCUT2D eigenvalue weighted by atomic mass is 9.94. The number of nitriles is 1. The van der Waals surface area contributed by atoms with Crippen molar-refractivity contribution in [2.24, 2.45) is 5.41 Å². The van der Waals surface area contributed by atoms with Gasteiger partial charge in [0, 0.05) is 37.3 Å². The van der Waals surface area contributed by atoms with Gasteiger partial charge in [-0.1, -0.05) is 20.8 Å². The van der Waals surface area contributed by atoms with Gasteiger partial charge in [0.15, 0.2) is 0 Å². The fourth-order valence-corrected chi connectivity index (χ4v) is 2.82. The molecule has 2 heterocycles. The quantitative estimate of drug-likeness (QED) is 0.798. The molecule has 0 saturated carbocycles. The molecule has 1 amide bonds. The minimum absolute atomic E-state index is 0.190. The highest BCUT2D eigenvalue weighted by Gasteiger charge is 2.30. The smallest absolute Gasteiger partial charge is 0.228 e. The molecule has 0 spiro atoms. The summed E-state index contributed by atoms with van der Waals surface area (Å²) in [5, 5.41) is 9.39. The summed E-state index contributed by atoms with van der Waals surface area (Å²) in [7, 11) is 0. The van der Waals surface area contributed by atoms with E-state index in [1.54, 1.807) is 0 Å². The van der Waals surface area contributed by atoms with Crippen LogP contribution in [0.1, 0.15) is 37.7 Å². The van der Waals surface area contributed by atoms with Gasteiger partial charge in [0.05, 0.1) is 16.9 Å². The van der Waals surface area contributed by atoms with Gasteiger partial charge in [-0.25, -0.2) is 0 Å². The van der Waals surface area contributed by atoms with Crippen LogP contribution in [0.4, 0.5) is 5.69 Å². The molecule has 1 saturated heterocycles. The van der Waals surface area contributed by atoms with E-state index in [2.05, 4.69) is 16.0 Å².